The maximum absolute atomic E-state index is 13.9. The number of hydrogen-bond donors (Lipinski definition) is 0. The van der Waals surface area contributed by atoms with Crippen LogP contribution in [-0.4, -0.2) is 54.0 Å². The normalized spacial score (nSPS) is 38.8. The summed E-state index contributed by atoms with van der Waals surface area (Å²) in [5.41, 5.74) is 0.673. The molecule has 2 aliphatic heterocycles. The van der Waals surface area contributed by atoms with Crippen molar-refractivity contribution < 1.29 is 22.8 Å². The van der Waals surface area contributed by atoms with Crippen molar-refractivity contribution in [2.75, 3.05) is 20.1 Å². The molecule has 0 aromatic heterocycles. The van der Waals surface area contributed by atoms with E-state index in [2.05, 4.69) is 6.92 Å². The maximum Gasteiger partial charge on any atom is 0.392 e. The molecular weight excluding hydrogens is 369 g/mol. The molecule has 0 spiro atoms. The summed E-state index contributed by atoms with van der Waals surface area (Å²) in [6.07, 6.45) is 1.29. The molecule has 2 amide bonds. The van der Waals surface area contributed by atoms with Gasteiger partial charge in [-0.25, -0.2) is 0 Å². The van der Waals surface area contributed by atoms with E-state index in [-0.39, 0.29) is 35.6 Å². The lowest BCUT2D eigenvalue weighted by Crippen LogP contribution is -2.59. The van der Waals surface area contributed by atoms with Crippen molar-refractivity contribution in [2.45, 2.75) is 64.1 Å². The number of halogens is 3. The van der Waals surface area contributed by atoms with Crippen LogP contribution in [0.2, 0.25) is 0 Å². The second-order valence-electron chi connectivity index (χ2n) is 9.22. The molecule has 5 atom stereocenters. The molecular formula is C21H29F3N2O2. The molecule has 3 fully saturated rings. The number of nitrogens with zero attached hydrogens (tertiary/aromatic N) is 2. The Morgan fingerprint density at radius 2 is 1.89 bits per heavy atom. The van der Waals surface area contributed by atoms with Crippen molar-refractivity contribution in [1.82, 2.24) is 9.80 Å². The number of carbonyl (C=O) groups is 2. The minimum atomic E-state index is -4.38. The molecule has 0 N–H and O–H groups in total. The molecule has 2 heterocycles. The molecule has 4 aliphatic rings. The summed E-state index contributed by atoms with van der Waals surface area (Å²) in [6.45, 7) is 3.23. The van der Waals surface area contributed by atoms with Crippen LogP contribution >= 0.6 is 0 Å². The van der Waals surface area contributed by atoms with Gasteiger partial charge in [0.1, 0.15) is 0 Å². The minimum Gasteiger partial charge on any atom is -0.342 e. The molecule has 2 saturated heterocycles. The lowest BCUT2D eigenvalue weighted by molar-refractivity contribution is -0.201. The quantitative estimate of drug-likeness (QED) is 0.631. The zero-order chi connectivity index (χ0) is 20.3. The van der Waals surface area contributed by atoms with Crippen molar-refractivity contribution in [1.29, 1.82) is 0 Å². The van der Waals surface area contributed by atoms with Gasteiger partial charge in [-0.2, -0.15) is 13.2 Å². The summed E-state index contributed by atoms with van der Waals surface area (Å²) in [5, 5.41) is 0. The van der Waals surface area contributed by atoms with Gasteiger partial charge in [-0.05, 0) is 44.4 Å². The lowest BCUT2D eigenvalue weighted by atomic mass is 9.54. The van der Waals surface area contributed by atoms with Crippen LogP contribution in [0.1, 0.15) is 51.9 Å². The van der Waals surface area contributed by atoms with Gasteiger partial charge in [0.25, 0.3) is 0 Å². The van der Waals surface area contributed by atoms with Crippen molar-refractivity contribution >= 4 is 11.8 Å². The molecule has 7 heteroatoms. The van der Waals surface area contributed by atoms with Crippen LogP contribution in [0.4, 0.5) is 13.2 Å². The number of allylic oxidation sites excluding steroid dienone is 1. The van der Waals surface area contributed by atoms with E-state index in [1.54, 1.807) is 22.9 Å². The first-order valence-corrected chi connectivity index (χ1v) is 10.5. The molecule has 156 valence electrons. The number of piperidine rings is 1. The fourth-order valence-electron chi connectivity index (χ4n) is 6.34. The number of carbonyl (C=O) groups excluding carboxylic acids is 2. The van der Waals surface area contributed by atoms with E-state index in [0.717, 1.165) is 18.4 Å². The molecule has 0 radical (unpaired) electrons. The Hall–Kier alpha value is -1.53. The van der Waals surface area contributed by atoms with Crippen molar-refractivity contribution in [2.24, 2.45) is 23.2 Å². The number of alkyl halides is 3. The van der Waals surface area contributed by atoms with E-state index in [9.17, 15) is 22.8 Å². The lowest BCUT2D eigenvalue weighted by Gasteiger charge is -2.56. The highest BCUT2D eigenvalue weighted by Crippen LogP contribution is 2.58. The van der Waals surface area contributed by atoms with Gasteiger partial charge < -0.3 is 9.80 Å². The van der Waals surface area contributed by atoms with Crippen molar-refractivity contribution in [3.63, 3.8) is 0 Å². The molecule has 2 aliphatic carbocycles. The van der Waals surface area contributed by atoms with E-state index in [0.29, 0.717) is 38.8 Å². The molecule has 0 bridgehead atoms. The van der Waals surface area contributed by atoms with Crippen LogP contribution in [-0.2, 0) is 9.59 Å². The molecule has 2 unspecified atom stereocenters. The van der Waals surface area contributed by atoms with Gasteiger partial charge in [-0.3, -0.25) is 9.59 Å². The number of amides is 2. The van der Waals surface area contributed by atoms with Crippen molar-refractivity contribution in [3.05, 3.63) is 11.6 Å². The van der Waals surface area contributed by atoms with Gasteiger partial charge in [-0.15, -0.1) is 0 Å². The number of rotatable bonds is 1. The van der Waals surface area contributed by atoms with Gasteiger partial charge in [0.15, 0.2) is 0 Å². The van der Waals surface area contributed by atoms with Crippen LogP contribution in [0.5, 0.6) is 0 Å². The second kappa shape index (κ2) is 6.77. The van der Waals surface area contributed by atoms with E-state index in [1.165, 1.54) is 0 Å². The van der Waals surface area contributed by atoms with Gasteiger partial charge in [0.2, 0.25) is 11.8 Å². The molecule has 4 nitrogen and oxygen atoms in total. The topological polar surface area (TPSA) is 40.6 Å². The average molecular weight is 398 g/mol. The zero-order valence-corrected chi connectivity index (χ0v) is 16.6. The van der Waals surface area contributed by atoms with Gasteiger partial charge >= 0.3 is 6.18 Å². The van der Waals surface area contributed by atoms with Crippen LogP contribution < -0.4 is 0 Å². The fraction of sp³-hybridized carbons (Fsp3) is 0.810. The Morgan fingerprint density at radius 1 is 1.21 bits per heavy atom. The third kappa shape index (κ3) is 2.96. The van der Waals surface area contributed by atoms with Crippen LogP contribution in [0, 0.1) is 23.2 Å². The third-order valence-electron chi connectivity index (χ3n) is 7.85. The molecule has 1 saturated carbocycles. The molecule has 4 rings (SSSR count). The predicted octanol–water partition coefficient (Wildman–Crippen LogP) is 3.77. The summed E-state index contributed by atoms with van der Waals surface area (Å²) in [7, 11) is 1.81. The van der Waals surface area contributed by atoms with Gasteiger partial charge in [0, 0.05) is 38.0 Å². The van der Waals surface area contributed by atoms with E-state index >= 15 is 0 Å². The first-order chi connectivity index (χ1) is 13.1. The second-order valence-corrected chi connectivity index (χ2v) is 9.22. The Morgan fingerprint density at radius 3 is 2.54 bits per heavy atom. The highest BCUT2D eigenvalue weighted by Gasteiger charge is 2.58. The Bertz CT molecular complexity index is 698. The highest BCUT2D eigenvalue weighted by atomic mass is 19.4. The third-order valence-corrected chi connectivity index (χ3v) is 7.85. The maximum atomic E-state index is 13.9. The Balaban J connectivity index is 1.71. The Labute approximate surface area is 164 Å². The fourth-order valence-corrected chi connectivity index (χ4v) is 6.34. The first-order valence-electron chi connectivity index (χ1n) is 10.5. The first kappa shape index (κ1) is 19.8. The molecule has 0 aromatic rings. The summed E-state index contributed by atoms with van der Waals surface area (Å²) in [5.74, 6) is -3.18. The number of likely N-dealkylation sites (tertiary alicyclic amines) is 2. The smallest absolute Gasteiger partial charge is 0.342 e. The van der Waals surface area contributed by atoms with Crippen LogP contribution in [0.3, 0.4) is 0 Å². The van der Waals surface area contributed by atoms with E-state index < -0.39 is 18.0 Å². The zero-order valence-electron chi connectivity index (χ0n) is 16.6. The summed E-state index contributed by atoms with van der Waals surface area (Å²) in [6, 6.07) is 0.0150. The van der Waals surface area contributed by atoms with Crippen LogP contribution in [0.25, 0.3) is 0 Å². The summed E-state index contributed by atoms with van der Waals surface area (Å²) >= 11 is 0. The SMILES string of the molecule is CN1C(=O)CC[C@]2(C)C3=CCC(C(F)(F)F)C(C(=O)N4CCCC4)[C@@H]3CC[C@@H]12. The minimum absolute atomic E-state index is 0.0150. The largest absolute Gasteiger partial charge is 0.392 e. The van der Waals surface area contributed by atoms with Crippen LogP contribution in [0.15, 0.2) is 11.6 Å². The van der Waals surface area contributed by atoms with Gasteiger partial charge in [0.05, 0.1) is 11.8 Å². The summed E-state index contributed by atoms with van der Waals surface area (Å²) < 4.78 is 41.7. The standard InChI is InChI=1S/C21H29F3N2O2/c1-20-10-9-17(27)25(2)16(20)8-5-13-14(20)6-7-15(21(22,23)24)18(13)19(28)26-11-3-4-12-26/h6,13,15-16,18H,3-5,7-12H2,1-2H3/t13-,15?,16-,18?,20-/m1/s1. The molecule has 0 aromatic carbocycles. The predicted molar refractivity (Wildman–Crippen MR) is 98.2 cm³/mol. The molecule has 28 heavy (non-hydrogen) atoms. The summed E-state index contributed by atoms with van der Waals surface area (Å²) in [4.78, 5) is 28.8. The Kier molecular flexibility index (Phi) is 4.78. The van der Waals surface area contributed by atoms with E-state index in [1.807, 2.05) is 0 Å². The number of fused-ring (bicyclic) bond motifs is 3. The average Bonchev–Trinajstić information content (AvgIpc) is 3.17. The monoisotopic (exact) mass is 398 g/mol. The highest BCUT2D eigenvalue weighted by molar-refractivity contribution is 5.81. The van der Waals surface area contributed by atoms with E-state index in [4.69, 9.17) is 0 Å². The van der Waals surface area contributed by atoms with Gasteiger partial charge in [-0.1, -0.05) is 18.6 Å². The van der Waals surface area contributed by atoms with Crippen molar-refractivity contribution in [3.8, 4) is 0 Å². The number of hydrogen-bond acceptors (Lipinski definition) is 2.